The highest BCUT2D eigenvalue weighted by Gasteiger charge is 2.31. The maximum Gasteiger partial charge on any atom is 0.255 e. The van der Waals surface area contributed by atoms with Crippen molar-refractivity contribution in [1.29, 1.82) is 0 Å². The highest BCUT2D eigenvalue weighted by molar-refractivity contribution is 6.43. The van der Waals surface area contributed by atoms with E-state index in [0.717, 1.165) is 25.9 Å². The van der Waals surface area contributed by atoms with Crippen LogP contribution in [0.3, 0.4) is 0 Å². The number of halogens is 2. The van der Waals surface area contributed by atoms with Crippen LogP contribution in [0.4, 0.5) is 0 Å². The fraction of sp³-hybridized carbons (Fsp3) is 0.500. The molecule has 1 heterocycles. The van der Waals surface area contributed by atoms with Crippen molar-refractivity contribution in [2.24, 2.45) is 0 Å². The van der Waals surface area contributed by atoms with Gasteiger partial charge < -0.3 is 10.2 Å². The first-order chi connectivity index (χ1) is 8.97. The molecule has 1 aliphatic rings. The van der Waals surface area contributed by atoms with Gasteiger partial charge in [0.05, 0.1) is 15.6 Å². The van der Waals surface area contributed by atoms with Crippen molar-refractivity contribution in [3.8, 4) is 0 Å². The lowest BCUT2D eigenvalue weighted by molar-refractivity contribution is 0.0662. The first-order valence-corrected chi connectivity index (χ1v) is 7.15. The van der Waals surface area contributed by atoms with E-state index in [0.29, 0.717) is 15.6 Å². The van der Waals surface area contributed by atoms with Gasteiger partial charge in [0.1, 0.15) is 0 Å². The number of nitrogens with one attached hydrogen (secondary N) is 1. The zero-order valence-corrected chi connectivity index (χ0v) is 12.7. The number of hydrogen-bond donors (Lipinski definition) is 1. The van der Waals surface area contributed by atoms with E-state index in [9.17, 15) is 4.79 Å². The van der Waals surface area contributed by atoms with Crippen LogP contribution in [0.5, 0.6) is 0 Å². The Morgan fingerprint density at radius 1 is 1.32 bits per heavy atom. The minimum absolute atomic E-state index is 0.0364. The second kappa shape index (κ2) is 5.70. The van der Waals surface area contributed by atoms with E-state index >= 15 is 0 Å². The topological polar surface area (TPSA) is 32.3 Å². The molecule has 1 aromatic carbocycles. The number of amides is 1. The summed E-state index contributed by atoms with van der Waals surface area (Å²) in [5.41, 5.74) is 0.608. The van der Waals surface area contributed by atoms with Crippen LogP contribution >= 0.6 is 23.2 Å². The van der Waals surface area contributed by atoms with Crippen LogP contribution in [0, 0.1) is 0 Å². The minimum atomic E-state index is -0.0364. The molecule has 0 aliphatic carbocycles. The third kappa shape index (κ3) is 3.04. The summed E-state index contributed by atoms with van der Waals surface area (Å²) in [7, 11) is 1.96. The molecule has 19 heavy (non-hydrogen) atoms. The molecule has 1 N–H and O–H groups in total. The van der Waals surface area contributed by atoms with E-state index in [1.165, 1.54) is 0 Å². The molecular weight excluding hydrogens is 283 g/mol. The smallest absolute Gasteiger partial charge is 0.255 e. The Bertz CT molecular complexity index is 482. The zero-order chi connectivity index (χ0) is 14.0. The van der Waals surface area contributed by atoms with E-state index in [-0.39, 0.29) is 11.4 Å². The maximum atomic E-state index is 12.4. The third-order valence-electron chi connectivity index (χ3n) is 3.94. The van der Waals surface area contributed by atoms with Crippen molar-refractivity contribution in [1.82, 2.24) is 10.2 Å². The number of carbonyl (C=O) groups excluding carboxylic acids is 1. The number of carbonyl (C=O) groups is 1. The number of nitrogens with zero attached hydrogens (tertiary/aromatic N) is 1. The Balaban J connectivity index is 2.12. The van der Waals surface area contributed by atoms with Crippen molar-refractivity contribution < 1.29 is 4.79 Å². The molecule has 0 spiro atoms. The highest BCUT2D eigenvalue weighted by atomic mass is 35.5. The van der Waals surface area contributed by atoms with Crippen LogP contribution < -0.4 is 5.32 Å². The Morgan fingerprint density at radius 2 is 1.95 bits per heavy atom. The van der Waals surface area contributed by atoms with Crippen molar-refractivity contribution in [3.05, 3.63) is 33.8 Å². The van der Waals surface area contributed by atoms with Crippen LogP contribution in [0.25, 0.3) is 0 Å². The third-order valence-corrected chi connectivity index (χ3v) is 4.76. The predicted molar refractivity (Wildman–Crippen MR) is 79.1 cm³/mol. The zero-order valence-electron chi connectivity index (χ0n) is 11.2. The predicted octanol–water partition coefficient (Wildman–Crippen LogP) is 3.21. The van der Waals surface area contributed by atoms with E-state index < -0.39 is 0 Å². The van der Waals surface area contributed by atoms with Crippen LogP contribution in [-0.4, -0.2) is 36.5 Å². The molecule has 0 unspecified atom stereocenters. The highest BCUT2D eigenvalue weighted by Crippen LogP contribution is 2.28. The Morgan fingerprint density at radius 3 is 2.53 bits per heavy atom. The molecular formula is C14H18Cl2N2O. The lowest BCUT2D eigenvalue weighted by Gasteiger charge is -2.39. The maximum absolute atomic E-state index is 12.4. The molecule has 3 nitrogen and oxygen atoms in total. The standard InChI is InChI=1S/C14H18Cl2N2O/c1-14(17-2)6-8-18(9-7-14)13(19)10-4-3-5-11(15)12(10)16/h3-5,17H,6-9H2,1-2H3. The van der Waals surface area contributed by atoms with Gasteiger partial charge in [-0.05, 0) is 38.9 Å². The Kier molecular flexibility index (Phi) is 4.39. The number of rotatable bonds is 2. The van der Waals surface area contributed by atoms with E-state index in [1.54, 1.807) is 18.2 Å². The summed E-state index contributed by atoms with van der Waals surface area (Å²) < 4.78 is 0. The quantitative estimate of drug-likeness (QED) is 0.909. The molecule has 1 fully saturated rings. The summed E-state index contributed by atoms with van der Waals surface area (Å²) in [6.45, 7) is 3.65. The largest absolute Gasteiger partial charge is 0.338 e. The molecule has 1 aliphatic heterocycles. The van der Waals surface area contributed by atoms with Gasteiger partial charge in [0, 0.05) is 18.6 Å². The number of hydrogen-bond acceptors (Lipinski definition) is 2. The van der Waals surface area contributed by atoms with Crippen molar-refractivity contribution >= 4 is 29.1 Å². The average Bonchev–Trinajstić information content (AvgIpc) is 2.42. The summed E-state index contributed by atoms with van der Waals surface area (Å²) in [4.78, 5) is 14.3. The normalized spacial score (nSPS) is 18.4. The van der Waals surface area contributed by atoms with Gasteiger partial charge in [-0.1, -0.05) is 29.3 Å². The fourth-order valence-electron chi connectivity index (χ4n) is 2.29. The first-order valence-electron chi connectivity index (χ1n) is 6.39. The molecule has 1 aromatic rings. The number of likely N-dealkylation sites (tertiary alicyclic amines) is 1. The van der Waals surface area contributed by atoms with Crippen LogP contribution in [0.2, 0.25) is 10.0 Å². The molecule has 1 saturated heterocycles. The van der Waals surface area contributed by atoms with Gasteiger partial charge in [-0.25, -0.2) is 0 Å². The first kappa shape index (κ1) is 14.6. The average molecular weight is 301 g/mol. The van der Waals surface area contributed by atoms with E-state index in [1.807, 2.05) is 11.9 Å². The van der Waals surface area contributed by atoms with Gasteiger partial charge in [-0.15, -0.1) is 0 Å². The number of benzene rings is 1. The fourth-order valence-corrected chi connectivity index (χ4v) is 2.67. The van der Waals surface area contributed by atoms with Gasteiger partial charge in [0.15, 0.2) is 0 Å². The summed E-state index contributed by atoms with van der Waals surface area (Å²) >= 11 is 12.1. The van der Waals surface area contributed by atoms with Crippen molar-refractivity contribution in [2.45, 2.75) is 25.3 Å². The minimum Gasteiger partial charge on any atom is -0.338 e. The van der Waals surface area contributed by atoms with Gasteiger partial charge >= 0.3 is 0 Å². The molecule has 1 amide bonds. The SMILES string of the molecule is CNC1(C)CCN(C(=O)c2cccc(Cl)c2Cl)CC1. The Labute approximate surface area is 123 Å². The lowest BCUT2D eigenvalue weighted by Crippen LogP contribution is -2.51. The van der Waals surface area contributed by atoms with Gasteiger partial charge in [-0.3, -0.25) is 4.79 Å². The van der Waals surface area contributed by atoms with Crippen LogP contribution in [-0.2, 0) is 0 Å². The second-order valence-electron chi connectivity index (χ2n) is 5.20. The van der Waals surface area contributed by atoms with Crippen molar-refractivity contribution in [3.63, 3.8) is 0 Å². The monoisotopic (exact) mass is 300 g/mol. The molecule has 2 rings (SSSR count). The van der Waals surface area contributed by atoms with E-state index in [4.69, 9.17) is 23.2 Å². The molecule has 0 bridgehead atoms. The lowest BCUT2D eigenvalue weighted by atomic mass is 9.89. The van der Waals surface area contributed by atoms with Crippen molar-refractivity contribution in [2.75, 3.05) is 20.1 Å². The van der Waals surface area contributed by atoms with Gasteiger partial charge in [0.2, 0.25) is 0 Å². The number of piperidine rings is 1. The molecule has 0 radical (unpaired) electrons. The Hall–Kier alpha value is -0.770. The molecule has 0 aromatic heterocycles. The molecule has 104 valence electrons. The summed E-state index contributed by atoms with van der Waals surface area (Å²) in [5, 5.41) is 4.08. The molecule has 0 saturated carbocycles. The summed E-state index contributed by atoms with van der Waals surface area (Å²) in [6, 6.07) is 5.17. The molecule has 5 heteroatoms. The van der Waals surface area contributed by atoms with Gasteiger partial charge in [-0.2, -0.15) is 0 Å². The van der Waals surface area contributed by atoms with E-state index in [2.05, 4.69) is 12.2 Å². The summed E-state index contributed by atoms with van der Waals surface area (Å²) in [6.07, 6.45) is 1.88. The van der Waals surface area contributed by atoms with Gasteiger partial charge in [0.25, 0.3) is 5.91 Å². The van der Waals surface area contributed by atoms with Crippen LogP contribution in [0.1, 0.15) is 30.1 Å². The molecule has 0 atom stereocenters. The summed E-state index contributed by atoms with van der Waals surface area (Å²) in [5.74, 6) is -0.0364. The second-order valence-corrected chi connectivity index (χ2v) is 5.99. The van der Waals surface area contributed by atoms with Crippen LogP contribution in [0.15, 0.2) is 18.2 Å².